The van der Waals surface area contributed by atoms with Crippen molar-refractivity contribution in [2.75, 3.05) is 0 Å². The third kappa shape index (κ3) is 9.55. The minimum Gasteiger partial charge on any atom is -0.153 e. The van der Waals surface area contributed by atoms with Gasteiger partial charge in [-0.15, -0.1) is 11.2 Å². The number of hydrogen-bond acceptors (Lipinski definition) is 0. The van der Waals surface area contributed by atoms with Crippen molar-refractivity contribution >= 4 is 39.6 Å². The molecule has 0 fully saturated rings. The van der Waals surface area contributed by atoms with E-state index in [-0.39, 0.29) is 19.8 Å². The summed E-state index contributed by atoms with van der Waals surface area (Å²) in [6.07, 6.45) is 0. The Kier molecular flexibility index (Phi) is 103. The highest BCUT2D eigenvalue weighted by molar-refractivity contribution is 7.52. The molecule has 0 N–H and O–H groups in total. The molecule has 3 atom stereocenters. The van der Waals surface area contributed by atoms with Gasteiger partial charge in [-0.25, -0.2) is 0 Å². The lowest BCUT2D eigenvalue weighted by molar-refractivity contribution is 5.25. The van der Waals surface area contributed by atoms with Gasteiger partial charge >= 0.3 is 0 Å². The van der Waals surface area contributed by atoms with Gasteiger partial charge in [-0.3, -0.25) is 0 Å². The maximum Gasteiger partial charge on any atom is -0.0393 e. The van der Waals surface area contributed by atoms with E-state index in [4.69, 9.17) is 0 Å². The highest BCUT2D eigenvalue weighted by atomic mass is 35.7. The lowest BCUT2D eigenvalue weighted by atomic mass is 30.8. The predicted molar refractivity (Wildman–Crippen MR) is 37.8 cm³/mol. The second kappa shape index (κ2) is 23.5. The topological polar surface area (TPSA) is 0 Å². The first-order valence-corrected chi connectivity index (χ1v) is 1.96. The molecule has 0 saturated heterocycles. The van der Waals surface area contributed by atoms with E-state index in [1.807, 2.05) is 8.59 Å². The Hall–Kier alpha value is 1.58. The largest absolute Gasteiger partial charge is 0.153 e. The Labute approximate surface area is 40.3 Å². The fraction of sp³-hybridized carbons (Fsp3) is 0. The van der Waals surface area contributed by atoms with Crippen LogP contribution in [0.4, 0.5) is 0 Å². The fourth-order valence-electron chi connectivity index (χ4n) is 0. The summed E-state index contributed by atoms with van der Waals surface area (Å²) in [7, 11) is 1.89. The summed E-state index contributed by atoms with van der Waals surface area (Å²) in [5.74, 6) is 0. The quantitative estimate of drug-likeness (QED) is 0.438. The van der Waals surface area contributed by atoms with Crippen molar-refractivity contribution in [2.24, 2.45) is 0 Å². The minimum atomic E-state index is 0. The van der Waals surface area contributed by atoms with Crippen molar-refractivity contribution in [3.63, 3.8) is 0 Å². The minimum absolute atomic E-state index is 0. The molecule has 0 rings (SSSR count). The summed E-state index contributed by atoms with van der Waals surface area (Å²) in [5.41, 5.74) is 0. The molecule has 0 aromatic carbocycles. The van der Waals surface area contributed by atoms with Crippen molar-refractivity contribution in [2.45, 2.75) is 0 Å². The van der Waals surface area contributed by atoms with Crippen molar-refractivity contribution in [3.05, 3.63) is 0 Å². The molecule has 4 heteroatoms. The second-order valence-corrected chi connectivity index (χ2v) is 0. The smallest absolute Gasteiger partial charge is 0.0393 e. The first kappa shape index (κ1) is 17.6. The zero-order chi connectivity index (χ0) is 2.00. The van der Waals surface area contributed by atoms with Crippen LogP contribution in [0.3, 0.4) is 0 Å². The fourth-order valence-corrected chi connectivity index (χ4v) is 0. The lowest BCUT2D eigenvalue weighted by Gasteiger charge is -1.07. The maximum absolute atomic E-state index is 4.56. The van der Waals surface area contributed by atoms with E-state index >= 15 is 0 Å². The van der Waals surface area contributed by atoms with Gasteiger partial charge in [0.1, 0.15) is 0 Å². The zero-order valence-electron chi connectivity index (χ0n) is 2.37. The molecular formula is H8ClP3. The standard InChI is InChI=1S/ClH2P.2H3P/c1-2;;/h2H2;2*1H3. The van der Waals surface area contributed by atoms with E-state index in [2.05, 4.69) is 11.2 Å². The average molecular weight is 136 g/mol. The zero-order valence-corrected chi connectivity index (χ0v) is 7.11. The van der Waals surface area contributed by atoms with Crippen LogP contribution in [-0.4, -0.2) is 0 Å². The normalized spacial score (nSPS) is 1.50. The number of hydrogen-bond donors (Lipinski definition) is 0. The molecule has 3 unspecified atom stereocenters. The molecule has 0 aliphatic rings. The molecule has 0 amide bonds. The van der Waals surface area contributed by atoms with Gasteiger partial charge < -0.3 is 0 Å². The third-order valence-electron chi connectivity index (χ3n) is 0. The van der Waals surface area contributed by atoms with Gasteiger partial charge in [-0.1, -0.05) is 0 Å². The average Bonchev–Trinajstić information content (AvgIpc) is 1.00. The SMILES string of the molecule is P.P.PCl. The van der Waals surface area contributed by atoms with Crippen LogP contribution in [0.2, 0.25) is 0 Å². The molecule has 0 aliphatic carbocycles. The third-order valence-corrected chi connectivity index (χ3v) is 0. The molecule has 0 aromatic rings. The van der Waals surface area contributed by atoms with Crippen LogP contribution < -0.4 is 0 Å². The molecule has 30 valence electrons. The molecule has 0 aliphatic heterocycles. The molecule has 0 bridgehead atoms. The molecule has 0 saturated carbocycles. The van der Waals surface area contributed by atoms with Crippen LogP contribution in [0, 0.1) is 0 Å². The Balaban J connectivity index is -0.00000000500. The van der Waals surface area contributed by atoms with Gasteiger partial charge in [0.05, 0.1) is 0 Å². The summed E-state index contributed by atoms with van der Waals surface area (Å²) >= 11 is 4.56. The Bertz CT molecular complexity index is 3.25. The van der Waals surface area contributed by atoms with Gasteiger partial charge in [-0.2, -0.15) is 19.8 Å². The summed E-state index contributed by atoms with van der Waals surface area (Å²) in [4.78, 5) is 0. The highest BCUT2D eigenvalue weighted by Gasteiger charge is 0.929. The summed E-state index contributed by atoms with van der Waals surface area (Å²) < 4.78 is 0. The lowest BCUT2D eigenvalue weighted by Crippen LogP contribution is -0.228. The van der Waals surface area contributed by atoms with Crippen molar-refractivity contribution < 1.29 is 0 Å². The van der Waals surface area contributed by atoms with Crippen molar-refractivity contribution in [1.29, 1.82) is 0 Å². The van der Waals surface area contributed by atoms with Crippen LogP contribution in [0.25, 0.3) is 0 Å². The van der Waals surface area contributed by atoms with Crippen molar-refractivity contribution in [1.82, 2.24) is 0 Å². The predicted octanol–water partition coefficient (Wildman–Crippen LogP) is 1.13. The number of halogens is 1. The second-order valence-electron chi connectivity index (χ2n) is 0. The molecule has 0 aromatic heterocycles. The Morgan fingerprint density at radius 3 is 1.00 bits per heavy atom. The van der Waals surface area contributed by atoms with Gasteiger partial charge in [0.25, 0.3) is 0 Å². The summed E-state index contributed by atoms with van der Waals surface area (Å²) in [6, 6.07) is 0. The first-order valence-electron chi connectivity index (χ1n) is 0.218. The molecule has 0 radical (unpaired) electrons. The van der Waals surface area contributed by atoms with Crippen LogP contribution >= 0.6 is 39.6 Å². The Morgan fingerprint density at radius 2 is 1.00 bits per heavy atom. The Morgan fingerprint density at radius 1 is 1.00 bits per heavy atom. The van der Waals surface area contributed by atoms with Crippen LogP contribution in [0.15, 0.2) is 0 Å². The van der Waals surface area contributed by atoms with Gasteiger partial charge in [0.15, 0.2) is 0 Å². The van der Waals surface area contributed by atoms with Gasteiger partial charge in [-0.05, 0) is 8.59 Å². The van der Waals surface area contributed by atoms with E-state index in [0.717, 1.165) is 0 Å². The van der Waals surface area contributed by atoms with Crippen LogP contribution in [-0.2, 0) is 0 Å². The maximum atomic E-state index is 4.56. The van der Waals surface area contributed by atoms with Crippen LogP contribution in [0.5, 0.6) is 0 Å². The van der Waals surface area contributed by atoms with Crippen LogP contribution in [0.1, 0.15) is 0 Å². The van der Waals surface area contributed by atoms with Gasteiger partial charge in [0.2, 0.25) is 0 Å². The van der Waals surface area contributed by atoms with Gasteiger partial charge in [0, 0.05) is 0 Å². The molecular weight excluding hydrogens is 128 g/mol. The molecule has 4 heavy (non-hydrogen) atoms. The first-order chi connectivity index (χ1) is 1.00. The molecule has 0 spiro atoms. The van der Waals surface area contributed by atoms with E-state index < -0.39 is 0 Å². The monoisotopic (exact) mass is 136 g/mol. The highest BCUT2D eigenvalue weighted by Crippen LogP contribution is 1.78. The summed E-state index contributed by atoms with van der Waals surface area (Å²) in [5, 5.41) is 0. The molecule has 0 heterocycles. The number of rotatable bonds is 0. The summed E-state index contributed by atoms with van der Waals surface area (Å²) in [6.45, 7) is 0. The van der Waals surface area contributed by atoms with E-state index in [0.29, 0.717) is 0 Å². The van der Waals surface area contributed by atoms with E-state index in [1.165, 1.54) is 0 Å². The molecule has 0 nitrogen and oxygen atoms in total. The van der Waals surface area contributed by atoms with E-state index in [9.17, 15) is 0 Å². The van der Waals surface area contributed by atoms with E-state index in [1.54, 1.807) is 0 Å². The van der Waals surface area contributed by atoms with Crippen molar-refractivity contribution in [3.8, 4) is 0 Å².